The number of sulfonamides is 1. The zero-order valence-corrected chi connectivity index (χ0v) is 18.7. The second-order valence-corrected chi connectivity index (χ2v) is 10.3. The Balaban J connectivity index is 1.41. The summed E-state index contributed by atoms with van der Waals surface area (Å²) in [6, 6.07) is 11.6. The Kier molecular flexibility index (Phi) is 6.05. The van der Waals surface area contributed by atoms with Gasteiger partial charge in [-0.15, -0.1) is 0 Å². The number of halogens is 1. The Morgan fingerprint density at radius 2 is 1.77 bits per heavy atom. The number of hydrogen-bond donors (Lipinski definition) is 1. The van der Waals surface area contributed by atoms with Crippen LogP contribution in [0.15, 0.2) is 47.4 Å². The largest absolute Gasteiger partial charge is 0.326 e. The molecule has 2 fully saturated rings. The SMILES string of the molecule is Cc1ccc(N2CC(C(=O)Nc3ccc(S(=O)(=O)N4CCCC4)cc3)CC2=O)cc1Cl. The second kappa shape index (κ2) is 8.61. The molecule has 0 saturated carbocycles. The lowest BCUT2D eigenvalue weighted by Gasteiger charge is -2.18. The molecule has 1 N–H and O–H groups in total. The first kappa shape index (κ1) is 21.8. The second-order valence-electron chi connectivity index (χ2n) is 7.96. The van der Waals surface area contributed by atoms with Crippen LogP contribution in [-0.2, 0) is 19.6 Å². The molecule has 164 valence electrons. The van der Waals surface area contributed by atoms with Crippen molar-refractivity contribution in [2.24, 2.45) is 5.92 Å². The minimum Gasteiger partial charge on any atom is -0.326 e. The molecule has 2 amide bonds. The van der Waals surface area contributed by atoms with Crippen LogP contribution in [0.1, 0.15) is 24.8 Å². The van der Waals surface area contributed by atoms with E-state index >= 15 is 0 Å². The van der Waals surface area contributed by atoms with Gasteiger partial charge >= 0.3 is 0 Å². The van der Waals surface area contributed by atoms with E-state index in [0.717, 1.165) is 18.4 Å². The third kappa shape index (κ3) is 4.46. The Morgan fingerprint density at radius 1 is 1.10 bits per heavy atom. The summed E-state index contributed by atoms with van der Waals surface area (Å²) >= 11 is 6.17. The van der Waals surface area contributed by atoms with E-state index in [1.165, 1.54) is 16.4 Å². The van der Waals surface area contributed by atoms with E-state index in [-0.39, 0.29) is 29.7 Å². The van der Waals surface area contributed by atoms with Gasteiger partial charge in [0.1, 0.15) is 0 Å². The third-order valence-corrected chi connectivity index (χ3v) is 8.11. The van der Waals surface area contributed by atoms with Gasteiger partial charge in [0.15, 0.2) is 0 Å². The molecule has 1 unspecified atom stereocenters. The number of benzene rings is 2. The summed E-state index contributed by atoms with van der Waals surface area (Å²) in [4.78, 5) is 26.9. The van der Waals surface area contributed by atoms with Gasteiger partial charge in [0.05, 0.1) is 10.8 Å². The molecule has 0 radical (unpaired) electrons. The van der Waals surface area contributed by atoms with Crippen LogP contribution in [0, 0.1) is 12.8 Å². The van der Waals surface area contributed by atoms with Crippen LogP contribution in [-0.4, -0.2) is 44.2 Å². The normalized spacial score (nSPS) is 19.7. The number of aryl methyl sites for hydroxylation is 1. The van der Waals surface area contributed by atoms with Crippen molar-refractivity contribution in [2.45, 2.75) is 31.1 Å². The highest BCUT2D eigenvalue weighted by Gasteiger charge is 2.35. The quantitative estimate of drug-likeness (QED) is 0.739. The first-order valence-electron chi connectivity index (χ1n) is 10.2. The molecule has 0 aromatic heterocycles. The zero-order valence-electron chi connectivity index (χ0n) is 17.2. The minimum absolute atomic E-state index is 0.110. The van der Waals surface area contributed by atoms with Crippen molar-refractivity contribution in [2.75, 3.05) is 29.9 Å². The molecule has 4 rings (SSSR count). The molecule has 0 aliphatic carbocycles. The number of amides is 2. The van der Waals surface area contributed by atoms with Crippen LogP contribution in [0.4, 0.5) is 11.4 Å². The van der Waals surface area contributed by atoms with Crippen LogP contribution >= 0.6 is 11.6 Å². The van der Waals surface area contributed by atoms with E-state index in [0.29, 0.717) is 29.5 Å². The summed E-state index contributed by atoms with van der Waals surface area (Å²) < 4.78 is 26.7. The molecule has 0 bridgehead atoms. The van der Waals surface area contributed by atoms with E-state index in [1.54, 1.807) is 23.1 Å². The first-order chi connectivity index (χ1) is 14.8. The van der Waals surface area contributed by atoms with Gasteiger partial charge in [0.25, 0.3) is 0 Å². The Hall–Kier alpha value is -2.42. The number of hydrogen-bond acceptors (Lipinski definition) is 4. The third-order valence-electron chi connectivity index (χ3n) is 5.79. The van der Waals surface area contributed by atoms with Gasteiger partial charge in [0.2, 0.25) is 21.8 Å². The summed E-state index contributed by atoms with van der Waals surface area (Å²) in [5.41, 5.74) is 2.09. The molecule has 2 aromatic carbocycles. The minimum atomic E-state index is -3.49. The molecular formula is C22H24ClN3O4S. The smallest absolute Gasteiger partial charge is 0.243 e. The van der Waals surface area contributed by atoms with Gasteiger partial charge in [-0.2, -0.15) is 4.31 Å². The van der Waals surface area contributed by atoms with E-state index in [4.69, 9.17) is 11.6 Å². The summed E-state index contributed by atoms with van der Waals surface area (Å²) in [6.45, 7) is 3.24. The maximum Gasteiger partial charge on any atom is 0.243 e. The van der Waals surface area contributed by atoms with E-state index in [9.17, 15) is 18.0 Å². The first-order valence-corrected chi connectivity index (χ1v) is 12.0. The van der Waals surface area contributed by atoms with E-state index in [2.05, 4.69) is 5.32 Å². The molecular weight excluding hydrogens is 438 g/mol. The molecule has 1 atom stereocenters. The van der Waals surface area contributed by atoms with Crippen molar-refractivity contribution in [3.8, 4) is 0 Å². The molecule has 2 saturated heterocycles. The van der Waals surface area contributed by atoms with Crippen LogP contribution in [0.25, 0.3) is 0 Å². The van der Waals surface area contributed by atoms with Crippen LogP contribution in [0.2, 0.25) is 5.02 Å². The van der Waals surface area contributed by atoms with Crippen LogP contribution < -0.4 is 10.2 Å². The monoisotopic (exact) mass is 461 g/mol. The maximum atomic E-state index is 12.7. The molecule has 2 aromatic rings. The highest BCUT2D eigenvalue weighted by atomic mass is 35.5. The lowest BCUT2D eigenvalue weighted by Crippen LogP contribution is -2.28. The average Bonchev–Trinajstić information content (AvgIpc) is 3.41. The molecule has 9 heteroatoms. The number of carbonyl (C=O) groups excluding carboxylic acids is 2. The van der Waals surface area contributed by atoms with E-state index in [1.807, 2.05) is 19.1 Å². The van der Waals surface area contributed by atoms with Crippen molar-refractivity contribution >= 4 is 44.8 Å². The average molecular weight is 462 g/mol. The van der Waals surface area contributed by atoms with Gasteiger partial charge in [-0.1, -0.05) is 17.7 Å². The zero-order chi connectivity index (χ0) is 22.2. The van der Waals surface area contributed by atoms with Crippen molar-refractivity contribution in [1.29, 1.82) is 0 Å². The fourth-order valence-electron chi connectivity index (χ4n) is 3.91. The van der Waals surface area contributed by atoms with Gasteiger partial charge in [-0.05, 0) is 61.7 Å². The number of nitrogens with one attached hydrogen (secondary N) is 1. The predicted octanol–water partition coefficient (Wildman–Crippen LogP) is 3.42. The van der Waals surface area contributed by atoms with Crippen molar-refractivity contribution < 1.29 is 18.0 Å². The number of anilines is 2. The summed E-state index contributed by atoms with van der Waals surface area (Å²) in [7, 11) is -3.49. The summed E-state index contributed by atoms with van der Waals surface area (Å²) in [6.07, 6.45) is 1.86. The van der Waals surface area contributed by atoms with Gasteiger partial charge in [0, 0.05) is 42.5 Å². The standard InChI is InChI=1S/C22H24ClN3O4S/c1-15-4-7-18(13-20(15)23)26-14-16(12-21(26)27)22(28)24-17-5-8-19(9-6-17)31(29,30)25-10-2-3-11-25/h4-9,13,16H,2-3,10-12,14H2,1H3,(H,24,28). The molecule has 2 heterocycles. The number of rotatable bonds is 5. The van der Waals surface area contributed by atoms with E-state index < -0.39 is 15.9 Å². The Morgan fingerprint density at radius 3 is 2.42 bits per heavy atom. The Bertz CT molecular complexity index is 1110. The summed E-state index contributed by atoms with van der Waals surface area (Å²) in [5, 5.41) is 3.36. The maximum absolute atomic E-state index is 12.7. The van der Waals surface area contributed by atoms with Crippen LogP contribution in [0.5, 0.6) is 0 Å². The van der Waals surface area contributed by atoms with Crippen molar-refractivity contribution in [3.05, 3.63) is 53.1 Å². The van der Waals surface area contributed by atoms with Crippen LogP contribution in [0.3, 0.4) is 0 Å². The Labute approximate surface area is 187 Å². The molecule has 2 aliphatic heterocycles. The molecule has 31 heavy (non-hydrogen) atoms. The lowest BCUT2D eigenvalue weighted by atomic mass is 10.1. The molecule has 2 aliphatic rings. The summed E-state index contributed by atoms with van der Waals surface area (Å²) in [5.74, 6) is -0.906. The molecule has 7 nitrogen and oxygen atoms in total. The van der Waals surface area contributed by atoms with Gasteiger partial charge in [-0.3, -0.25) is 9.59 Å². The fourth-order valence-corrected chi connectivity index (χ4v) is 5.61. The van der Waals surface area contributed by atoms with Crippen molar-refractivity contribution in [3.63, 3.8) is 0 Å². The topological polar surface area (TPSA) is 86.8 Å². The van der Waals surface area contributed by atoms with Gasteiger partial charge < -0.3 is 10.2 Å². The lowest BCUT2D eigenvalue weighted by molar-refractivity contribution is -0.122. The highest BCUT2D eigenvalue weighted by molar-refractivity contribution is 7.89. The van der Waals surface area contributed by atoms with Gasteiger partial charge in [-0.25, -0.2) is 8.42 Å². The number of carbonyl (C=O) groups is 2. The predicted molar refractivity (Wildman–Crippen MR) is 120 cm³/mol. The number of nitrogens with zero attached hydrogens (tertiary/aromatic N) is 2. The highest BCUT2D eigenvalue weighted by Crippen LogP contribution is 2.29. The fraction of sp³-hybridized carbons (Fsp3) is 0.364. The molecule has 0 spiro atoms. The van der Waals surface area contributed by atoms with Crippen molar-refractivity contribution in [1.82, 2.24) is 4.31 Å².